The zero-order valence-electron chi connectivity index (χ0n) is 14.2. The second kappa shape index (κ2) is 6.10. The molecule has 1 atom stereocenters. The van der Waals surface area contributed by atoms with E-state index < -0.39 is 5.66 Å². The lowest BCUT2D eigenvalue weighted by Gasteiger charge is -2.19. The number of hydrogen-bond donors (Lipinski definition) is 1. The van der Waals surface area contributed by atoms with Crippen molar-refractivity contribution in [3.05, 3.63) is 77.5 Å². The zero-order chi connectivity index (χ0) is 18.1. The minimum absolute atomic E-state index is 0.517. The van der Waals surface area contributed by atoms with Crippen molar-refractivity contribution in [2.45, 2.75) is 5.66 Å². The van der Waals surface area contributed by atoms with Crippen LogP contribution in [0.15, 0.2) is 65.8 Å². The van der Waals surface area contributed by atoms with Crippen LogP contribution in [-0.2, 0) is 5.66 Å². The Morgan fingerprint density at radius 3 is 2.85 bits per heavy atom. The summed E-state index contributed by atoms with van der Waals surface area (Å²) >= 11 is 0. The predicted octanol–water partition coefficient (Wildman–Crippen LogP) is 3.39. The number of fused-ring (bicyclic) bond motifs is 1. The summed E-state index contributed by atoms with van der Waals surface area (Å²) in [5.41, 5.74) is 9.71. The summed E-state index contributed by atoms with van der Waals surface area (Å²) in [7, 11) is 1.64. The molecule has 0 aliphatic carbocycles. The standard InChI is InChI=1S/C21H16N4O/c1-26-19-4-2-3-15(9-19)17-10-21(23,25-13-17)18-5-6-20-16(8-18)7-14(11-22)12-24-20/h2-10,12-13H,23H2,1H3. The number of rotatable bonds is 3. The summed E-state index contributed by atoms with van der Waals surface area (Å²) in [6.07, 6.45) is 5.28. The first-order chi connectivity index (χ1) is 12.6. The molecule has 5 nitrogen and oxygen atoms in total. The Hall–Kier alpha value is -3.49. The summed E-state index contributed by atoms with van der Waals surface area (Å²) in [5, 5.41) is 9.94. The molecule has 0 radical (unpaired) electrons. The Morgan fingerprint density at radius 2 is 2.04 bits per heavy atom. The van der Waals surface area contributed by atoms with Gasteiger partial charge in [0.25, 0.3) is 0 Å². The van der Waals surface area contributed by atoms with E-state index in [1.165, 1.54) is 0 Å². The molecular weight excluding hydrogens is 324 g/mol. The molecule has 26 heavy (non-hydrogen) atoms. The number of nitriles is 1. The van der Waals surface area contributed by atoms with E-state index in [1.54, 1.807) is 25.6 Å². The summed E-state index contributed by atoms with van der Waals surface area (Å²) in [6, 6.07) is 17.4. The van der Waals surface area contributed by atoms with Crippen LogP contribution in [-0.4, -0.2) is 18.3 Å². The van der Waals surface area contributed by atoms with E-state index in [4.69, 9.17) is 15.7 Å². The van der Waals surface area contributed by atoms with Gasteiger partial charge in [0.2, 0.25) is 0 Å². The van der Waals surface area contributed by atoms with E-state index in [9.17, 15) is 0 Å². The van der Waals surface area contributed by atoms with Crippen LogP contribution in [0.4, 0.5) is 0 Å². The largest absolute Gasteiger partial charge is 0.497 e. The minimum Gasteiger partial charge on any atom is -0.497 e. The number of aromatic nitrogens is 1. The number of nitrogens with two attached hydrogens (primary N) is 1. The Labute approximate surface area is 151 Å². The van der Waals surface area contributed by atoms with Crippen molar-refractivity contribution in [1.82, 2.24) is 4.98 Å². The molecule has 4 rings (SSSR count). The molecule has 126 valence electrons. The van der Waals surface area contributed by atoms with Crippen LogP contribution in [0.1, 0.15) is 16.7 Å². The van der Waals surface area contributed by atoms with Gasteiger partial charge in [-0.25, -0.2) is 0 Å². The maximum atomic E-state index is 9.07. The maximum absolute atomic E-state index is 9.07. The monoisotopic (exact) mass is 340 g/mol. The molecule has 2 heterocycles. The SMILES string of the molecule is COc1cccc(C2=CC(N)(c3ccc4ncc(C#N)cc4c3)N=C2)c1. The first-order valence-corrected chi connectivity index (χ1v) is 8.13. The summed E-state index contributed by atoms with van der Waals surface area (Å²) in [4.78, 5) is 8.83. The number of allylic oxidation sites excluding steroid dienone is 1. The fourth-order valence-electron chi connectivity index (χ4n) is 3.05. The zero-order valence-corrected chi connectivity index (χ0v) is 14.2. The lowest BCUT2D eigenvalue weighted by Crippen LogP contribution is -2.30. The number of pyridine rings is 1. The number of aliphatic imine (C=N–C) groups is 1. The topological polar surface area (TPSA) is 84.3 Å². The lowest BCUT2D eigenvalue weighted by atomic mass is 9.96. The van der Waals surface area contributed by atoms with Crippen molar-refractivity contribution >= 4 is 22.7 Å². The van der Waals surface area contributed by atoms with Gasteiger partial charge in [-0.1, -0.05) is 18.2 Å². The van der Waals surface area contributed by atoms with Crippen LogP contribution in [0.3, 0.4) is 0 Å². The molecule has 1 aliphatic heterocycles. The van der Waals surface area contributed by atoms with E-state index in [0.717, 1.165) is 33.4 Å². The molecule has 5 heteroatoms. The van der Waals surface area contributed by atoms with E-state index in [2.05, 4.69) is 16.0 Å². The lowest BCUT2D eigenvalue weighted by molar-refractivity contribution is 0.414. The first-order valence-electron chi connectivity index (χ1n) is 8.13. The molecule has 0 saturated heterocycles. The van der Waals surface area contributed by atoms with Gasteiger partial charge in [-0.15, -0.1) is 0 Å². The van der Waals surface area contributed by atoms with E-state index >= 15 is 0 Å². The van der Waals surface area contributed by atoms with Gasteiger partial charge in [0, 0.05) is 17.8 Å². The molecule has 0 spiro atoms. The third-order valence-electron chi connectivity index (χ3n) is 4.47. The Bertz CT molecular complexity index is 1110. The number of nitrogens with zero attached hydrogens (tertiary/aromatic N) is 3. The van der Waals surface area contributed by atoms with Crippen LogP contribution in [0.2, 0.25) is 0 Å². The quantitative estimate of drug-likeness (QED) is 0.792. The fraction of sp³-hybridized carbons (Fsp3) is 0.0952. The normalized spacial score (nSPS) is 18.6. The molecule has 2 N–H and O–H groups in total. The van der Waals surface area contributed by atoms with E-state index in [1.807, 2.05) is 48.5 Å². The van der Waals surface area contributed by atoms with Crippen LogP contribution in [0.5, 0.6) is 5.75 Å². The van der Waals surface area contributed by atoms with Gasteiger partial charge < -0.3 is 10.5 Å². The van der Waals surface area contributed by atoms with Gasteiger partial charge in [-0.3, -0.25) is 9.98 Å². The molecule has 0 saturated carbocycles. The van der Waals surface area contributed by atoms with Crippen molar-refractivity contribution in [1.29, 1.82) is 5.26 Å². The number of ether oxygens (including phenoxy) is 1. The van der Waals surface area contributed by atoms with Gasteiger partial charge in [-0.2, -0.15) is 5.26 Å². The molecule has 1 aromatic heterocycles. The van der Waals surface area contributed by atoms with E-state index in [-0.39, 0.29) is 0 Å². The minimum atomic E-state index is -0.949. The summed E-state index contributed by atoms with van der Waals surface area (Å²) < 4.78 is 5.28. The number of methoxy groups -OCH3 is 1. The molecule has 0 bridgehead atoms. The Kier molecular flexibility index (Phi) is 3.76. The van der Waals surface area contributed by atoms with Crippen molar-refractivity contribution in [3.63, 3.8) is 0 Å². The average molecular weight is 340 g/mol. The molecular formula is C21H16N4O. The molecule has 1 unspecified atom stereocenters. The highest BCUT2D eigenvalue weighted by Crippen LogP contribution is 2.33. The average Bonchev–Trinajstić information content (AvgIpc) is 3.10. The predicted molar refractivity (Wildman–Crippen MR) is 102 cm³/mol. The van der Waals surface area contributed by atoms with Gasteiger partial charge in [0.05, 0.1) is 18.2 Å². The van der Waals surface area contributed by atoms with E-state index in [0.29, 0.717) is 5.56 Å². The van der Waals surface area contributed by atoms with Crippen molar-refractivity contribution < 1.29 is 4.74 Å². The summed E-state index contributed by atoms with van der Waals surface area (Å²) in [6.45, 7) is 0. The third kappa shape index (κ3) is 2.73. The van der Waals surface area contributed by atoms with Crippen molar-refractivity contribution in [2.24, 2.45) is 10.7 Å². The highest BCUT2D eigenvalue weighted by atomic mass is 16.5. The Balaban J connectivity index is 1.75. The van der Waals surface area contributed by atoms with Crippen LogP contribution >= 0.6 is 0 Å². The highest BCUT2D eigenvalue weighted by Gasteiger charge is 2.28. The van der Waals surface area contributed by atoms with Crippen molar-refractivity contribution in [2.75, 3.05) is 7.11 Å². The van der Waals surface area contributed by atoms with Crippen LogP contribution < -0.4 is 10.5 Å². The van der Waals surface area contributed by atoms with Gasteiger partial charge in [0.1, 0.15) is 11.8 Å². The Morgan fingerprint density at radius 1 is 1.15 bits per heavy atom. The number of benzene rings is 2. The van der Waals surface area contributed by atoms with Crippen LogP contribution in [0.25, 0.3) is 16.5 Å². The third-order valence-corrected chi connectivity index (χ3v) is 4.47. The second-order valence-electron chi connectivity index (χ2n) is 6.16. The molecule has 2 aromatic carbocycles. The van der Waals surface area contributed by atoms with Gasteiger partial charge in [-0.05, 0) is 53.1 Å². The summed E-state index contributed by atoms with van der Waals surface area (Å²) in [5.74, 6) is 0.784. The fourth-order valence-corrected chi connectivity index (χ4v) is 3.05. The number of hydrogen-bond acceptors (Lipinski definition) is 5. The first kappa shape index (κ1) is 16.0. The smallest absolute Gasteiger partial charge is 0.153 e. The second-order valence-corrected chi connectivity index (χ2v) is 6.16. The molecule has 1 aliphatic rings. The molecule has 3 aromatic rings. The van der Waals surface area contributed by atoms with Crippen molar-refractivity contribution in [3.8, 4) is 11.8 Å². The molecule has 0 amide bonds. The van der Waals surface area contributed by atoms with Gasteiger partial charge >= 0.3 is 0 Å². The van der Waals surface area contributed by atoms with Gasteiger partial charge in [0.15, 0.2) is 5.66 Å². The molecule has 0 fully saturated rings. The maximum Gasteiger partial charge on any atom is 0.153 e. The highest BCUT2D eigenvalue weighted by molar-refractivity contribution is 6.12. The van der Waals surface area contributed by atoms with Crippen LogP contribution in [0, 0.1) is 11.3 Å².